The summed E-state index contributed by atoms with van der Waals surface area (Å²) in [6.45, 7) is 6.72. The van der Waals surface area contributed by atoms with Crippen molar-refractivity contribution < 1.29 is 9.53 Å². The van der Waals surface area contributed by atoms with Gasteiger partial charge < -0.3 is 14.6 Å². The van der Waals surface area contributed by atoms with Gasteiger partial charge in [-0.1, -0.05) is 36.9 Å². The Kier molecular flexibility index (Phi) is 6.11. The molecule has 4 rings (SSSR count). The average molecular weight is 410 g/mol. The number of amides is 1. The summed E-state index contributed by atoms with van der Waals surface area (Å²) in [4.78, 5) is 23.3. The zero-order valence-corrected chi connectivity index (χ0v) is 17.8. The predicted octanol–water partition coefficient (Wildman–Crippen LogP) is 4.50. The molecule has 0 spiro atoms. The zero-order valence-electron chi connectivity index (χ0n) is 17.0. The maximum Gasteiger partial charge on any atom is 0.271 e. The summed E-state index contributed by atoms with van der Waals surface area (Å²) >= 11 is 1.63. The number of hydrogen-bond donors (Lipinski definition) is 1. The van der Waals surface area contributed by atoms with Crippen LogP contribution in [-0.2, 0) is 0 Å². The van der Waals surface area contributed by atoms with Gasteiger partial charge in [0.2, 0.25) is 0 Å². The highest BCUT2D eigenvalue weighted by molar-refractivity contribution is 7.99. The van der Waals surface area contributed by atoms with E-state index in [-0.39, 0.29) is 5.91 Å². The summed E-state index contributed by atoms with van der Waals surface area (Å²) < 4.78 is 5.37. The van der Waals surface area contributed by atoms with Gasteiger partial charge in [0.25, 0.3) is 5.91 Å². The van der Waals surface area contributed by atoms with E-state index in [0.717, 1.165) is 65.6 Å². The monoisotopic (exact) mass is 409 g/mol. The Labute approximate surface area is 176 Å². The minimum atomic E-state index is 0.0785. The maximum absolute atomic E-state index is 13.4. The number of carbonyl (C=O) groups is 1. The fraction of sp³-hybridized carbons (Fsp3) is 0.348. The molecule has 1 aliphatic rings. The molecule has 1 aliphatic heterocycles. The lowest BCUT2D eigenvalue weighted by Crippen LogP contribution is -2.48. The Morgan fingerprint density at radius 1 is 1.10 bits per heavy atom. The number of nitrogens with one attached hydrogen (secondary N) is 1. The van der Waals surface area contributed by atoms with Crippen LogP contribution in [0, 0.1) is 0 Å². The first-order valence-corrected chi connectivity index (χ1v) is 11.0. The number of carbonyl (C=O) groups excluding carboxylic acids is 1. The number of ether oxygens (including phenoxy) is 1. The minimum absolute atomic E-state index is 0.0785. The largest absolute Gasteiger partial charge is 0.497 e. The number of benzene rings is 2. The highest BCUT2D eigenvalue weighted by Crippen LogP contribution is 2.38. The molecule has 1 saturated heterocycles. The van der Waals surface area contributed by atoms with Gasteiger partial charge in [0, 0.05) is 42.5 Å². The zero-order chi connectivity index (χ0) is 20.2. The van der Waals surface area contributed by atoms with Gasteiger partial charge in [0.05, 0.1) is 17.5 Å². The summed E-state index contributed by atoms with van der Waals surface area (Å²) in [5.74, 6) is 0.858. The first-order chi connectivity index (χ1) is 14.2. The van der Waals surface area contributed by atoms with Crippen molar-refractivity contribution in [3.05, 3.63) is 54.2 Å². The van der Waals surface area contributed by atoms with Crippen LogP contribution in [0.5, 0.6) is 5.75 Å². The molecule has 1 aromatic heterocycles. The first kappa shape index (κ1) is 19.9. The average Bonchev–Trinajstić information content (AvgIpc) is 3.12. The van der Waals surface area contributed by atoms with Crippen molar-refractivity contribution in [2.75, 3.05) is 39.8 Å². The number of nitrogens with zero attached hydrogens (tertiary/aromatic N) is 2. The molecule has 2 heterocycles. The van der Waals surface area contributed by atoms with Gasteiger partial charge in [-0.15, -0.1) is 0 Å². The fourth-order valence-corrected chi connectivity index (χ4v) is 4.85. The summed E-state index contributed by atoms with van der Waals surface area (Å²) in [6.07, 6.45) is 1.15. The summed E-state index contributed by atoms with van der Waals surface area (Å²) in [6, 6.07) is 16.1. The Balaban J connectivity index is 1.67. The van der Waals surface area contributed by atoms with Crippen molar-refractivity contribution in [3.63, 3.8) is 0 Å². The van der Waals surface area contributed by atoms with Crippen molar-refractivity contribution in [1.82, 2.24) is 14.8 Å². The summed E-state index contributed by atoms with van der Waals surface area (Å²) in [5.41, 5.74) is 1.60. The lowest BCUT2D eigenvalue weighted by atomic mass is 10.2. The number of aromatic amines is 1. The Hall–Kier alpha value is -2.44. The molecule has 0 atom stereocenters. The number of aromatic nitrogens is 1. The molecule has 29 heavy (non-hydrogen) atoms. The van der Waals surface area contributed by atoms with Gasteiger partial charge in [-0.3, -0.25) is 9.69 Å². The van der Waals surface area contributed by atoms with Gasteiger partial charge in [-0.2, -0.15) is 0 Å². The Morgan fingerprint density at radius 3 is 2.55 bits per heavy atom. The molecule has 152 valence electrons. The third kappa shape index (κ3) is 4.28. The number of methoxy groups -OCH3 is 1. The molecular formula is C23H27N3O2S. The van der Waals surface area contributed by atoms with E-state index in [0.29, 0.717) is 5.69 Å². The molecule has 0 bridgehead atoms. The molecule has 6 heteroatoms. The lowest BCUT2D eigenvalue weighted by molar-refractivity contribution is 0.0629. The van der Waals surface area contributed by atoms with Gasteiger partial charge in [0.1, 0.15) is 11.4 Å². The minimum Gasteiger partial charge on any atom is -0.497 e. The van der Waals surface area contributed by atoms with Crippen LogP contribution >= 0.6 is 11.8 Å². The van der Waals surface area contributed by atoms with Gasteiger partial charge >= 0.3 is 0 Å². The quantitative estimate of drug-likeness (QED) is 0.651. The second-order valence-electron chi connectivity index (χ2n) is 7.29. The number of H-pyrrole nitrogens is 1. The summed E-state index contributed by atoms with van der Waals surface area (Å²) in [5, 5.41) is 1.05. The molecule has 0 aliphatic carbocycles. The molecule has 1 N–H and O–H groups in total. The maximum atomic E-state index is 13.4. The van der Waals surface area contributed by atoms with Crippen molar-refractivity contribution in [2.24, 2.45) is 0 Å². The summed E-state index contributed by atoms with van der Waals surface area (Å²) in [7, 11) is 1.66. The number of piperazine rings is 1. The standard InChI is InChI=1S/C23H27N3O2S/c1-3-11-25-12-14-26(15-13-25)23(27)21-22(29-18-7-5-4-6-8-18)19-10-9-17(28-2)16-20(19)24-21/h4-10,16,24H,3,11-15H2,1-2H3. The van der Waals surface area contributed by atoms with Gasteiger partial charge in [0.15, 0.2) is 0 Å². The van der Waals surface area contributed by atoms with Crippen LogP contribution in [0.25, 0.3) is 10.9 Å². The third-order valence-electron chi connectivity index (χ3n) is 5.33. The second kappa shape index (κ2) is 8.93. The van der Waals surface area contributed by atoms with Crippen LogP contribution in [0.15, 0.2) is 58.3 Å². The molecule has 1 amide bonds. The van der Waals surface area contributed by atoms with Crippen LogP contribution in [0.4, 0.5) is 0 Å². The molecule has 2 aromatic carbocycles. The Bertz CT molecular complexity index is 978. The highest BCUT2D eigenvalue weighted by atomic mass is 32.2. The van der Waals surface area contributed by atoms with E-state index < -0.39 is 0 Å². The first-order valence-electron chi connectivity index (χ1n) is 10.1. The third-order valence-corrected chi connectivity index (χ3v) is 6.47. The van der Waals surface area contributed by atoms with Crippen molar-refractivity contribution >= 4 is 28.6 Å². The van der Waals surface area contributed by atoms with Crippen molar-refractivity contribution in [3.8, 4) is 5.75 Å². The van der Waals surface area contributed by atoms with Gasteiger partial charge in [-0.25, -0.2) is 0 Å². The van der Waals surface area contributed by atoms with E-state index in [2.05, 4.69) is 28.9 Å². The molecule has 5 nitrogen and oxygen atoms in total. The highest BCUT2D eigenvalue weighted by Gasteiger charge is 2.26. The number of rotatable bonds is 6. The predicted molar refractivity (Wildman–Crippen MR) is 118 cm³/mol. The van der Waals surface area contributed by atoms with E-state index in [1.54, 1.807) is 18.9 Å². The van der Waals surface area contributed by atoms with Crippen LogP contribution in [0.3, 0.4) is 0 Å². The van der Waals surface area contributed by atoms with Crippen LogP contribution in [0.2, 0.25) is 0 Å². The lowest BCUT2D eigenvalue weighted by Gasteiger charge is -2.34. The number of hydrogen-bond acceptors (Lipinski definition) is 4. The topological polar surface area (TPSA) is 48.6 Å². The van der Waals surface area contributed by atoms with Crippen LogP contribution in [0.1, 0.15) is 23.8 Å². The number of fused-ring (bicyclic) bond motifs is 1. The van der Waals surface area contributed by atoms with Gasteiger partial charge in [-0.05, 0) is 37.2 Å². The molecular weight excluding hydrogens is 382 g/mol. The molecule has 0 unspecified atom stereocenters. The van der Waals surface area contributed by atoms with E-state index in [9.17, 15) is 4.79 Å². The normalized spacial score (nSPS) is 15.0. The molecule has 3 aromatic rings. The van der Waals surface area contributed by atoms with E-state index in [1.165, 1.54) is 0 Å². The fourth-order valence-electron chi connectivity index (χ4n) is 3.79. The SMILES string of the molecule is CCCN1CCN(C(=O)c2[nH]c3cc(OC)ccc3c2Sc2ccccc2)CC1. The van der Waals surface area contributed by atoms with Crippen LogP contribution in [-0.4, -0.2) is 60.5 Å². The van der Waals surface area contributed by atoms with Crippen molar-refractivity contribution in [2.45, 2.75) is 23.1 Å². The molecule has 0 radical (unpaired) electrons. The van der Waals surface area contributed by atoms with E-state index in [4.69, 9.17) is 4.74 Å². The van der Waals surface area contributed by atoms with E-state index >= 15 is 0 Å². The smallest absolute Gasteiger partial charge is 0.271 e. The second-order valence-corrected chi connectivity index (χ2v) is 8.37. The Morgan fingerprint density at radius 2 is 1.86 bits per heavy atom. The van der Waals surface area contributed by atoms with Crippen molar-refractivity contribution in [1.29, 1.82) is 0 Å². The van der Waals surface area contributed by atoms with Crippen LogP contribution < -0.4 is 4.74 Å². The molecule has 0 saturated carbocycles. The molecule has 1 fully saturated rings. The van der Waals surface area contributed by atoms with E-state index in [1.807, 2.05) is 41.3 Å².